The van der Waals surface area contributed by atoms with Gasteiger partial charge in [-0.2, -0.15) is 0 Å². The number of hydrogen-bond acceptors (Lipinski definition) is 4. The Morgan fingerprint density at radius 2 is 2.33 bits per heavy atom. The van der Waals surface area contributed by atoms with E-state index in [0.717, 1.165) is 0 Å². The third-order valence-electron chi connectivity index (χ3n) is 2.53. The minimum atomic E-state index is -0.972. The van der Waals surface area contributed by atoms with Gasteiger partial charge in [0, 0.05) is 19.4 Å². The van der Waals surface area contributed by atoms with E-state index in [1.54, 1.807) is 7.05 Å². The van der Waals surface area contributed by atoms with Crippen molar-refractivity contribution in [3.63, 3.8) is 0 Å². The molecule has 2 N–H and O–H groups in total. The van der Waals surface area contributed by atoms with E-state index >= 15 is 0 Å². The maximum absolute atomic E-state index is 11.5. The Balaban J connectivity index is 2.29. The number of carboxylic acids is 1. The van der Waals surface area contributed by atoms with E-state index in [0.29, 0.717) is 12.8 Å². The van der Waals surface area contributed by atoms with Gasteiger partial charge in [0.2, 0.25) is 0 Å². The highest BCUT2D eigenvalue weighted by molar-refractivity contribution is 5.85. The van der Waals surface area contributed by atoms with Crippen molar-refractivity contribution in [1.82, 2.24) is 9.55 Å². The third-order valence-corrected chi connectivity index (χ3v) is 2.53. The molecule has 0 radical (unpaired) electrons. The predicted molar refractivity (Wildman–Crippen MR) is 52.7 cm³/mol. The van der Waals surface area contributed by atoms with Crippen LogP contribution in [-0.4, -0.2) is 26.2 Å². The maximum Gasteiger partial charge on any atom is 0.329 e. The highest BCUT2D eigenvalue weighted by Crippen LogP contribution is 2.38. The molecule has 1 aromatic heterocycles. The molecular weight excluding hydrogens is 198 g/mol. The highest BCUT2D eigenvalue weighted by Gasteiger charge is 2.51. The molecule has 1 heterocycles. The molecule has 0 aliphatic heterocycles. The minimum Gasteiger partial charge on any atom is -0.480 e. The van der Waals surface area contributed by atoms with Crippen LogP contribution in [0.1, 0.15) is 12.8 Å². The fourth-order valence-corrected chi connectivity index (χ4v) is 1.33. The molecule has 1 saturated carbocycles. The van der Waals surface area contributed by atoms with Crippen molar-refractivity contribution in [2.75, 3.05) is 5.32 Å². The predicted octanol–water partition coefficient (Wildman–Crippen LogP) is -0.191. The quantitative estimate of drug-likeness (QED) is 0.720. The molecule has 0 atom stereocenters. The summed E-state index contributed by atoms with van der Waals surface area (Å²) >= 11 is 0. The summed E-state index contributed by atoms with van der Waals surface area (Å²) in [4.78, 5) is 26.3. The minimum absolute atomic E-state index is 0.0971. The van der Waals surface area contributed by atoms with Crippen molar-refractivity contribution in [2.24, 2.45) is 7.05 Å². The average Bonchev–Trinajstić information content (AvgIpc) is 2.94. The Morgan fingerprint density at radius 1 is 1.67 bits per heavy atom. The summed E-state index contributed by atoms with van der Waals surface area (Å²) in [5.41, 5.74) is -1.29. The number of anilines is 1. The molecule has 6 heteroatoms. The van der Waals surface area contributed by atoms with Crippen molar-refractivity contribution >= 4 is 11.8 Å². The van der Waals surface area contributed by atoms with Crippen molar-refractivity contribution in [2.45, 2.75) is 18.4 Å². The van der Waals surface area contributed by atoms with Crippen LogP contribution in [0, 0.1) is 0 Å². The first-order chi connectivity index (χ1) is 7.05. The molecule has 0 unspecified atom stereocenters. The van der Waals surface area contributed by atoms with E-state index in [4.69, 9.17) is 5.11 Å². The molecule has 1 aliphatic rings. The molecule has 0 amide bonds. The van der Waals surface area contributed by atoms with E-state index in [-0.39, 0.29) is 11.4 Å². The number of nitrogens with one attached hydrogen (secondary N) is 1. The van der Waals surface area contributed by atoms with Gasteiger partial charge in [0.05, 0.1) is 0 Å². The Kier molecular flexibility index (Phi) is 1.99. The summed E-state index contributed by atoms with van der Waals surface area (Å²) in [6.07, 6.45) is 4.04. The lowest BCUT2D eigenvalue weighted by atomic mass is 10.3. The lowest BCUT2D eigenvalue weighted by molar-refractivity contribution is -0.138. The van der Waals surface area contributed by atoms with Crippen molar-refractivity contribution in [3.8, 4) is 0 Å². The van der Waals surface area contributed by atoms with E-state index in [1.165, 1.54) is 17.0 Å². The second-order valence-electron chi connectivity index (χ2n) is 3.70. The van der Waals surface area contributed by atoms with E-state index in [2.05, 4.69) is 10.3 Å². The standard InChI is InChI=1S/C9H11N3O3/c1-12-5-4-10-6(7(12)13)11-9(2-3-9)8(14)15/h4-5H,2-3H2,1H3,(H,10,11)(H,14,15). The highest BCUT2D eigenvalue weighted by atomic mass is 16.4. The Bertz CT molecular complexity index is 462. The zero-order chi connectivity index (χ0) is 11.1. The molecule has 1 aromatic rings. The van der Waals surface area contributed by atoms with Crippen molar-refractivity contribution in [3.05, 3.63) is 22.7 Å². The number of nitrogens with zero attached hydrogens (tertiary/aromatic N) is 2. The Hall–Kier alpha value is -1.85. The molecule has 0 aromatic carbocycles. The molecule has 15 heavy (non-hydrogen) atoms. The SMILES string of the molecule is Cn1ccnc(NC2(C(=O)O)CC2)c1=O. The fraction of sp³-hybridized carbons (Fsp3) is 0.444. The molecule has 6 nitrogen and oxygen atoms in total. The average molecular weight is 209 g/mol. The molecule has 1 fully saturated rings. The van der Waals surface area contributed by atoms with Gasteiger partial charge in [0.25, 0.3) is 5.56 Å². The normalized spacial score (nSPS) is 17.1. The second kappa shape index (κ2) is 3.08. The molecule has 2 rings (SSSR count). The van der Waals surface area contributed by atoms with Crippen LogP contribution >= 0.6 is 0 Å². The van der Waals surface area contributed by atoms with Gasteiger partial charge in [-0.25, -0.2) is 9.78 Å². The number of carboxylic acid groups (broad SMARTS) is 1. The van der Waals surface area contributed by atoms with Gasteiger partial charge in [0.1, 0.15) is 5.54 Å². The number of aryl methyl sites for hydroxylation is 1. The Labute approximate surface area is 85.6 Å². The summed E-state index contributed by atoms with van der Waals surface area (Å²) in [5, 5.41) is 11.6. The molecule has 0 saturated heterocycles. The van der Waals surface area contributed by atoms with Gasteiger partial charge in [-0.15, -0.1) is 0 Å². The number of rotatable bonds is 3. The molecule has 80 valence electrons. The van der Waals surface area contributed by atoms with Gasteiger partial charge in [-0.1, -0.05) is 0 Å². The van der Waals surface area contributed by atoms with Gasteiger partial charge >= 0.3 is 5.97 Å². The monoisotopic (exact) mass is 209 g/mol. The number of aromatic nitrogens is 2. The van der Waals surface area contributed by atoms with E-state index in [9.17, 15) is 9.59 Å². The van der Waals surface area contributed by atoms with Crippen LogP contribution in [0.25, 0.3) is 0 Å². The zero-order valence-corrected chi connectivity index (χ0v) is 8.23. The summed E-state index contributed by atoms with van der Waals surface area (Å²) in [7, 11) is 1.59. The topological polar surface area (TPSA) is 84.2 Å². The van der Waals surface area contributed by atoms with Crippen LogP contribution in [0.15, 0.2) is 17.2 Å². The molecular formula is C9H11N3O3. The van der Waals surface area contributed by atoms with Crippen LogP contribution in [0.4, 0.5) is 5.82 Å². The van der Waals surface area contributed by atoms with Crippen LogP contribution < -0.4 is 10.9 Å². The van der Waals surface area contributed by atoms with Crippen LogP contribution in [0.2, 0.25) is 0 Å². The van der Waals surface area contributed by atoms with E-state index in [1.807, 2.05) is 0 Å². The summed E-state index contributed by atoms with van der Waals surface area (Å²) in [6, 6.07) is 0. The van der Waals surface area contributed by atoms with Gasteiger partial charge < -0.3 is 15.0 Å². The number of carbonyl (C=O) groups is 1. The first-order valence-corrected chi connectivity index (χ1v) is 4.58. The fourth-order valence-electron chi connectivity index (χ4n) is 1.33. The smallest absolute Gasteiger partial charge is 0.329 e. The summed E-state index contributed by atoms with van der Waals surface area (Å²) < 4.78 is 1.35. The van der Waals surface area contributed by atoms with Crippen molar-refractivity contribution < 1.29 is 9.90 Å². The number of aliphatic carboxylic acids is 1. The third kappa shape index (κ3) is 1.58. The van der Waals surface area contributed by atoms with Crippen molar-refractivity contribution in [1.29, 1.82) is 0 Å². The Morgan fingerprint density at radius 3 is 2.87 bits per heavy atom. The largest absolute Gasteiger partial charge is 0.480 e. The van der Waals surface area contributed by atoms with Crippen LogP contribution in [0.3, 0.4) is 0 Å². The van der Waals surface area contributed by atoms with Gasteiger partial charge in [0.15, 0.2) is 5.82 Å². The molecule has 0 spiro atoms. The molecule has 0 bridgehead atoms. The van der Waals surface area contributed by atoms with Gasteiger partial charge in [-0.05, 0) is 12.8 Å². The summed E-state index contributed by atoms with van der Waals surface area (Å²) in [6.45, 7) is 0. The first-order valence-electron chi connectivity index (χ1n) is 4.58. The lowest BCUT2D eigenvalue weighted by Gasteiger charge is -2.12. The zero-order valence-electron chi connectivity index (χ0n) is 8.23. The molecule has 1 aliphatic carbocycles. The summed E-state index contributed by atoms with van der Waals surface area (Å²) in [5.74, 6) is -0.838. The van der Waals surface area contributed by atoms with Gasteiger partial charge in [-0.3, -0.25) is 4.79 Å². The second-order valence-corrected chi connectivity index (χ2v) is 3.70. The van der Waals surface area contributed by atoms with Crippen LogP contribution in [-0.2, 0) is 11.8 Å². The van der Waals surface area contributed by atoms with Crippen LogP contribution in [0.5, 0.6) is 0 Å². The maximum atomic E-state index is 11.5. The van der Waals surface area contributed by atoms with E-state index < -0.39 is 11.5 Å². The first kappa shape index (κ1) is 9.70. The number of hydrogen-bond donors (Lipinski definition) is 2. The lowest BCUT2D eigenvalue weighted by Crippen LogP contribution is -2.35.